The first-order valence-electron chi connectivity index (χ1n) is 4.52. The molecule has 2 heteroatoms. The van der Waals surface area contributed by atoms with Crippen molar-refractivity contribution in [1.29, 1.82) is 0 Å². The van der Waals surface area contributed by atoms with Crippen LogP contribution in [-0.4, -0.2) is 30.2 Å². The molecule has 1 spiro atoms. The number of likely N-dealkylation sites (tertiary alicyclic amines) is 1. The highest BCUT2D eigenvalue weighted by Crippen LogP contribution is 2.54. The third-order valence-electron chi connectivity index (χ3n) is 3.20. The van der Waals surface area contributed by atoms with Crippen molar-refractivity contribution in [2.75, 3.05) is 13.1 Å². The van der Waals surface area contributed by atoms with E-state index in [0.29, 0.717) is 12.6 Å². The molecule has 0 bridgehead atoms. The molecule has 2 aliphatic rings. The highest BCUT2D eigenvalue weighted by molar-refractivity contribution is 5.07. The van der Waals surface area contributed by atoms with Crippen LogP contribution in [0.15, 0.2) is 0 Å². The summed E-state index contributed by atoms with van der Waals surface area (Å²) in [7, 11) is 0. The van der Waals surface area contributed by atoms with Crippen molar-refractivity contribution in [2.45, 2.75) is 38.9 Å². The van der Waals surface area contributed by atoms with Gasteiger partial charge in [0.1, 0.15) is 6.17 Å². The Morgan fingerprint density at radius 3 is 2.36 bits per heavy atom. The molecule has 64 valence electrons. The van der Waals surface area contributed by atoms with Crippen LogP contribution in [-0.2, 0) is 0 Å². The molecular formula is C9H16FN. The van der Waals surface area contributed by atoms with E-state index in [4.69, 9.17) is 0 Å². The van der Waals surface area contributed by atoms with Gasteiger partial charge in [0.15, 0.2) is 0 Å². The van der Waals surface area contributed by atoms with E-state index < -0.39 is 6.17 Å². The van der Waals surface area contributed by atoms with E-state index in [1.165, 1.54) is 0 Å². The summed E-state index contributed by atoms with van der Waals surface area (Å²) in [5.41, 5.74) is 0.115. The first-order chi connectivity index (χ1) is 5.14. The van der Waals surface area contributed by atoms with Crippen molar-refractivity contribution < 1.29 is 4.39 Å². The van der Waals surface area contributed by atoms with Gasteiger partial charge in [-0.25, -0.2) is 4.39 Å². The highest BCUT2D eigenvalue weighted by Gasteiger charge is 2.55. The fraction of sp³-hybridized carbons (Fsp3) is 1.00. The van der Waals surface area contributed by atoms with Crippen LogP contribution in [0.2, 0.25) is 0 Å². The molecule has 0 amide bonds. The SMILES string of the molecule is CC(C)N1CC(F)C2(CC2)C1. The molecule has 1 heterocycles. The molecule has 0 aromatic carbocycles. The molecule has 1 aliphatic heterocycles. The predicted molar refractivity (Wildman–Crippen MR) is 43.3 cm³/mol. The number of hydrogen-bond donors (Lipinski definition) is 0. The molecule has 0 radical (unpaired) electrons. The fourth-order valence-corrected chi connectivity index (χ4v) is 1.99. The largest absolute Gasteiger partial charge is 0.297 e. The maximum atomic E-state index is 13.3. The Balaban J connectivity index is 2.01. The normalized spacial score (nSPS) is 35.5. The Bertz CT molecular complexity index is 163. The molecule has 1 atom stereocenters. The van der Waals surface area contributed by atoms with Crippen molar-refractivity contribution >= 4 is 0 Å². The third kappa shape index (κ3) is 1.08. The zero-order valence-corrected chi connectivity index (χ0v) is 7.31. The highest BCUT2D eigenvalue weighted by atomic mass is 19.1. The van der Waals surface area contributed by atoms with Gasteiger partial charge in [-0.3, -0.25) is 4.90 Å². The summed E-state index contributed by atoms with van der Waals surface area (Å²) in [6, 6.07) is 0.522. The number of halogens is 1. The first kappa shape index (κ1) is 7.53. The van der Waals surface area contributed by atoms with Crippen molar-refractivity contribution in [1.82, 2.24) is 4.90 Å². The monoisotopic (exact) mass is 157 g/mol. The maximum Gasteiger partial charge on any atom is 0.120 e. The number of alkyl halides is 1. The van der Waals surface area contributed by atoms with E-state index in [9.17, 15) is 4.39 Å². The maximum absolute atomic E-state index is 13.3. The lowest BCUT2D eigenvalue weighted by Gasteiger charge is -2.19. The fourth-order valence-electron chi connectivity index (χ4n) is 1.99. The Labute approximate surface area is 67.6 Å². The van der Waals surface area contributed by atoms with Gasteiger partial charge in [0.05, 0.1) is 0 Å². The molecule has 2 rings (SSSR count). The summed E-state index contributed by atoms with van der Waals surface area (Å²) in [6.07, 6.45) is 1.71. The molecule has 1 unspecified atom stereocenters. The van der Waals surface area contributed by atoms with Crippen LogP contribution in [0.5, 0.6) is 0 Å². The van der Waals surface area contributed by atoms with Gasteiger partial charge in [-0.2, -0.15) is 0 Å². The van der Waals surface area contributed by atoms with Crippen molar-refractivity contribution in [3.63, 3.8) is 0 Å². The lowest BCUT2D eigenvalue weighted by Crippen LogP contribution is -2.28. The van der Waals surface area contributed by atoms with Gasteiger partial charge in [-0.1, -0.05) is 0 Å². The molecule has 1 nitrogen and oxygen atoms in total. The minimum atomic E-state index is -0.537. The predicted octanol–water partition coefficient (Wildman–Crippen LogP) is 1.83. The van der Waals surface area contributed by atoms with Gasteiger partial charge in [0, 0.05) is 24.5 Å². The average Bonchev–Trinajstić information content (AvgIpc) is 2.59. The van der Waals surface area contributed by atoms with Gasteiger partial charge >= 0.3 is 0 Å². The summed E-state index contributed by atoms with van der Waals surface area (Å²) < 4.78 is 13.3. The molecule has 11 heavy (non-hydrogen) atoms. The van der Waals surface area contributed by atoms with Crippen LogP contribution in [0.3, 0.4) is 0 Å². The molecule has 0 aromatic heterocycles. The van der Waals surface area contributed by atoms with Gasteiger partial charge in [-0.05, 0) is 26.7 Å². The van der Waals surface area contributed by atoms with Crippen LogP contribution >= 0.6 is 0 Å². The van der Waals surface area contributed by atoms with E-state index in [1.807, 2.05) is 0 Å². The Kier molecular flexibility index (Phi) is 1.50. The van der Waals surface area contributed by atoms with Gasteiger partial charge < -0.3 is 0 Å². The first-order valence-corrected chi connectivity index (χ1v) is 4.52. The summed E-state index contributed by atoms with van der Waals surface area (Å²) >= 11 is 0. The van der Waals surface area contributed by atoms with E-state index in [1.54, 1.807) is 0 Å². The summed E-state index contributed by atoms with van der Waals surface area (Å²) in [6.45, 7) is 5.98. The van der Waals surface area contributed by atoms with Gasteiger partial charge in [0.2, 0.25) is 0 Å². The average molecular weight is 157 g/mol. The van der Waals surface area contributed by atoms with E-state index >= 15 is 0 Å². The second-order valence-corrected chi connectivity index (χ2v) is 4.35. The summed E-state index contributed by atoms with van der Waals surface area (Å²) in [5, 5.41) is 0. The number of rotatable bonds is 1. The molecule has 0 aromatic rings. The van der Waals surface area contributed by atoms with E-state index in [-0.39, 0.29) is 5.41 Å². The quantitative estimate of drug-likeness (QED) is 0.561. The third-order valence-corrected chi connectivity index (χ3v) is 3.20. The Morgan fingerprint density at radius 1 is 1.45 bits per heavy atom. The van der Waals surface area contributed by atoms with E-state index in [2.05, 4.69) is 18.7 Å². The smallest absolute Gasteiger partial charge is 0.120 e. The zero-order chi connectivity index (χ0) is 8.06. The van der Waals surface area contributed by atoms with Crippen LogP contribution in [0.4, 0.5) is 4.39 Å². The number of nitrogens with zero attached hydrogens (tertiary/aromatic N) is 1. The van der Waals surface area contributed by atoms with Crippen molar-refractivity contribution in [2.24, 2.45) is 5.41 Å². The minimum Gasteiger partial charge on any atom is -0.297 e. The molecule has 1 saturated carbocycles. The molecule has 0 N–H and O–H groups in total. The molecule has 1 aliphatic carbocycles. The van der Waals surface area contributed by atoms with Crippen LogP contribution in [0.1, 0.15) is 26.7 Å². The van der Waals surface area contributed by atoms with Crippen LogP contribution in [0.25, 0.3) is 0 Å². The zero-order valence-electron chi connectivity index (χ0n) is 7.31. The van der Waals surface area contributed by atoms with Crippen LogP contribution in [0, 0.1) is 5.41 Å². The van der Waals surface area contributed by atoms with E-state index in [0.717, 1.165) is 19.4 Å². The molecular weight excluding hydrogens is 141 g/mol. The second-order valence-electron chi connectivity index (χ2n) is 4.35. The number of hydrogen-bond acceptors (Lipinski definition) is 1. The van der Waals surface area contributed by atoms with Crippen molar-refractivity contribution in [3.8, 4) is 0 Å². The Hall–Kier alpha value is -0.110. The van der Waals surface area contributed by atoms with Crippen LogP contribution < -0.4 is 0 Å². The lowest BCUT2D eigenvalue weighted by molar-refractivity contribution is 0.243. The summed E-state index contributed by atoms with van der Waals surface area (Å²) in [4.78, 5) is 2.26. The minimum absolute atomic E-state index is 0.115. The lowest BCUT2D eigenvalue weighted by atomic mass is 10.1. The van der Waals surface area contributed by atoms with Gasteiger partial charge in [0.25, 0.3) is 0 Å². The molecule has 2 fully saturated rings. The topological polar surface area (TPSA) is 3.24 Å². The summed E-state index contributed by atoms with van der Waals surface area (Å²) in [5.74, 6) is 0. The standard InChI is InChI=1S/C9H16FN/c1-7(2)11-5-8(10)9(6-11)3-4-9/h7-8H,3-6H2,1-2H3. The van der Waals surface area contributed by atoms with Gasteiger partial charge in [-0.15, -0.1) is 0 Å². The van der Waals surface area contributed by atoms with Crippen molar-refractivity contribution in [3.05, 3.63) is 0 Å². The second kappa shape index (κ2) is 2.19. The molecule has 1 saturated heterocycles. The Morgan fingerprint density at radius 2 is 2.09 bits per heavy atom.